The van der Waals surface area contributed by atoms with Crippen molar-refractivity contribution in [2.75, 3.05) is 26.2 Å². The number of aliphatic hydroxyl groups is 2. The van der Waals surface area contributed by atoms with Crippen molar-refractivity contribution in [3.63, 3.8) is 0 Å². The van der Waals surface area contributed by atoms with Gasteiger partial charge in [0.25, 0.3) is 0 Å². The van der Waals surface area contributed by atoms with Crippen LogP contribution in [0.2, 0.25) is 0 Å². The van der Waals surface area contributed by atoms with Crippen molar-refractivity contribution in [3.8, 4) is 0 Å². The van der Waals surface area contributed by atoms with Crippen molar-refractivity contribution >= 4 is 6.03 Å². The molecule has 3 N–H and O–H groups in total. The molecule has 0 saturated carbocycles. The molecule has 0 aromatic carbocycles. The maximum atomic E-state index is 11.6. The average molecular weight is 216 g/mol. The van der Waals surface area contributed by atoms with Crippen LogP contribution in [0.1, 0.15) is 25.7 Å². The summed E-state index contributed by atoms with van der Waals surface area (Å²) in [6.07, 6.45) is 3.61. The molecular weight excluding hydrogens is 196 g/mol. The lowest BCUT2D eigenvalue weighted by atomic mass is 10.2. The number of nitrogens with zero attached hydrogens (tertiary/aromatic N) is 1. The minimum Gasteiger partial charge on any atom is -0.394 e. The minimum absolute atomic E-state index is 0.117. The second-order valence-electron chi connectivity index (χ2n) is 3.92. The van der Waals surface area contributed by atoms with Crippen LogP contribution in [-0.4, -0.2) is 53.5 Å². The highest BCUT2D eigenvalue weighted by molar-refractivity contribution is 5.74. The molecule has 0 spiro atoms. The Morgan fingerprint density at radius 2 is 1.87 bits per heavy atom. The third-order valence-corrected chi connectivity index (χ3v) is 2.59. The van der Waals surface area contributed by atoms with Gasteiger partial charge in [-0.1, -0.05) is 12.8 Å². The number of carbonyl (C=O) groups is 1. The number of aliphatic hydroxyl groups excluding tert-OH is 2. The fourth-order valence-electron chi connectivity index (χ4n) is 1.66. The fraction of sp³-hybridized carbons (Fsp3) is 0.900. The molecule has 1 saturated heterocycles. The highest BCUT2D eigenvalue weighted by atomic mass is 16.3. The van der Waals surface area contributed by atoms with Crippen molar-refractivity contribution in [2.24, 2.45) is 0 Å². The quantitative estimate of drug-likeness (QED) is 0.618. The lowest BCUT2D eigenvalue weighted by Crippen LogP contribution is -2.43. The number of rotatable bonds is 3. The largest absolute Gasteiger partial charge is 0.394 e. The Morgan fingerprint density at radius 3 is 2.40 bits per heavy atom. The van der Waals surface area contributed by atoms with Crippen molar-refractivity contribution in [2.45, 2.75) is 31.8 Å². The standard InChI is InChI=1S/C10H20N2O3/c13-8-9(14)7-11-10(15)12-5-3-1-2-4-6-12/h9,13-14H,1-8H2,(H,11,15). The highest BCUT2D eigenvalue weighted by Gasteiger charge is 2.15. The molecule has 1 rings (SSSR count). The Hall–Kier alpha value is -0.810. The molecule has 0 radical (unpaired) electrons. The molecule has 1 unspecified atom stereocenters. The van der Waals surface area contributed by atoms with Gasteiger partial charge in [-0.2, -0.15) is 0 Å². The van der Waals surface area contributed by atoms with Crippen LogP contribution in [0.15, 0.2) is 0 Å². The number of carbonyl (C=O) groups excluding carboxylic acids is 1. The average Bonchev–Trinajstić information content (AvgIpc) is 2.53. The smallest absolute Gasteiger partial charge is 0.317 e. The minimum atomic E-state index is -0.860. The molecule has 1 heterocycles. The monoisotopic (exact) mass is 216 g/mol. The molecule has 0 aromatic rings. The van der Waals surface area contributed by atoms with Crippen molar-refractivity contribution in [1.29, 1.82) is 0 Å². The number of hydrogen-bond acceptors (Lipinski definition) is 3. The Bertz CT molecular complexity index is 191. The SMILES string of the molecule is O=C(NCC(O)CO)N1CCCCCC1. The van der Waals surface area contributed by atoms with Gasteiger partial charge in [0.15, 0.2) is 0 Å². The van der Waals surface area contributed by atoms with Crippen LogP contribution >= 0.6 is 0 Å². The van der Waals surface area contributed by atoms with Gasteiger partial charge < -0.3 is 20.4 Å². The van der Waals surface area contributed by atoms with Gasteiger partial charge in [-0.15, -0.1) is 0 Å². The first-order chi connectivity index (χ1) is 7.24. The number of amides is 2. The predicted molar refractivity (Wildman–Crippen MR) is 56.5 cm³/mol. The summed E-state index contributed by atoms with van der Waals surface area (Å²) < 4.78 is 0. The molecule has 1 fully saturated rings. The van der Waals surface area contributed by atoms with Crippen molar-refractivity contribution < 1.29 is 15.0 Å². The Balaban J connectivity index is 2.25. The van der Waals surface area contributed by atoms with E-state index in [9.17, 15) is 4.79 Å². The van der Waals surface area contributed by atoms with E-state index in [1.807, 2.05) is 0 Å². The topological polar surface area (TPSA) is 72.8 Å². The maximum absolute atomic E-state index is 11.6. The molecule has 2 amide bonds. The van der Waals surface area contributed by atoms with Gasteiger partial charge in [-0.3, -0.25) is 0 Å². The lowest BCUT2D eigenvalue weighted by molar-refractivity contribution is 0.0940. The molecule has 15 heavy (non-hydrogen) atoms. The van der Waals surface area contributed by atoms with E-state index >= 15 is 0 Å². The second kappa shape index (κ2) is 6.63. The molecule has 0 bridgehead atoms. The molecule has 88 valence electrons. The summed E-state index contributed by atoms with van der Waals surface area (Å²) in [4.78, 5) is 13.4. The van der Waals surface area contributed by atoms with Crippen LogP contribution in [0.3, 0.4) is 0 Å². The second-order valence-corrected chi connectivity index (χ2v) is 3.92. The Morgan fingerprint density at radius 1 is 1.27 bits per heavy atom. The first-order valence-corrected chi connectivity index (χ1v) is 5.55. The first kappa shape index (κ1) is 12.3. The van der Waals surface area contributed by atoms with Gasteiger partial charge >= 0.3 is 6.03 Å². The summed E-state index contributed by atoms with van der Waals surface area (Å²) >= 11 is 0. The van der Waals surface area contributed by atoms with Gasteiger partial charge in [0.2, 0.25) is 0 Å². The van der Waals surface area contributed by atoms with E-state index in [-0.39, 0.29) is 19.2 Å². The summed E-state index contributed by atoms with van der Waals surface area (Å²) in [5.41, 5.74) is 0. The van der Waals surface area contributed by atoms with E-state index in [4.69, 9.17) is 10.2 Å². The van der Waals surface area contributed by atoms with Crippen LogP contribution in [-0.2, 0) is 0 Å². The van der Waals surface area contributed by atoms with E-state index in [0.29, 0.717) is 0 Å². The number of urea groups is 1. The van der Waals surface area contributed by atoms with E-state index in [2.05, 4.69) is 5.32 Å². The van der Waals surface area contributed by atoms with Crippen LogP contribution in [0, 0.1) is 0 Å². The van der Waals surface area contributed by atoms with E-state index in [1.165, 1.54) is 12.8 Å². The van der Waals surface area contributed by atoms with E-state index in [1.54, 1.807) is 4.90 Å². The fourth-order valence-corrected chi connectivity index (χ4v) is 1.66. The van der Waals surface area contributed by atoms with Gasteiger partial charge in [-0.05, 0) is 12.8 Å². The molecule has 1 aliphatic rings. The van der Waals surface area contributed by atoms with Gasteiger partial charge in [-0.25, -0.2) is 4.79 Å². The number of nitrogens with one attached hydrogen (secondary N) is 1. The zero-order chi connectivity index (χ0) is 11.1. The zero-order valence-corrected chi connectivity index (χ0v) is 8.98. The third kappa shape index (κ3) is 4.48. The van der Waals surface area contributed by atoms with E-state index in [0.717, 1.165) is 25.9 Å². The predicted octanol–water partition coefficient (Wildman–Crippen LogP) is -0.0748. The summed E-state index contributed by atoms with van der Waals surface area (Å²) in [6.45, 7) is 1.38. The van der Waals surface area contributed by atoms with Gasteiger partial charge in [0, 0.05) is 19.6 Å². The molecule has 1 atom stereocenters. The molecule has 0 aliphatic carbocycles. The lowest BCUT2D eigenvalue weighted by Gasteiger charge is -2.21. The van der Waals surface area contributed by atoms with Gasteiger partial charge in [0.1, 0.15) is 0 Å². The number of hydrogen-bond donors (Lipinski definition) is 3. The maximum Gasteiger partial charge on any atom is 0.317 e. The molecule has 5 nitrogen and oxygen atoms in total. The highest BCUT2D eigenvalue weighted by Crippen LogP contribution is 2.09. The third-order valence-electron chi connectivity index (χ3n) is 2.59. The zero-order valence-electron chi connectivity index (χ0n) is 8.98. The van der Waals surface area contributed by atoms with Crippen molar-refractivity contribution in [1.82, 2.24) is 10.2 Å². The van der Waals surface area contributed by atoms with Crippen LogP contribution in [0.4, 0.5) is 4.79 Å². The summed E-state index contributed by atoms with van der Waals surface area (Å²) in [6, 6.07) is -0.135. The van der Waals surface area contributed by atoms with Gasteiger partial charge in [0.05, 0.1) is 12.7 Å². The molecule has 1 aliphatic heterocycles. The molecule has 5 heteroatoms. The summed E-state index contributed by atoms with van der Waals surface area (Å²) in [5, 5.41) is 20.3. The van der Waals surface area contributed by atoms with Crippen LogP contribution in [0.25, 0.3) is 0 Å². The normalized spacial score (nSPS) is 19.5. The Labute approximate surface area is 90.1 Å². The number of likely N-dealkylation sites (tertiary alicyclic amines) is 1. The summed E-state index contributed by atoms with van der Waals surface area (Å²) in [5.74, 6) is 0. The van der Waals surface area contributed by atoms with Crippen LogP contribution in [0.5, 0.6) is 0 Å². The first-order valence-electron chi connectivity index (χ1n) is 5.55. The summed E-state index contributed by atoms with van der Waals surface area (Å²) in [7, 11) is 0. The van der Waals surface area contributed by atoms with Crippen LogP contribution < -0.4 is 5.32 Å². The Kier molecular flexibility index (Phi) is 5.42. The molecule has 0 aromatic heterocycles. The van der Waals surface area contributed by atoms with E-state index < -0.39 is 6.10 Å². The van der Waals surface area contributed by atoms with Crippen molar-refractivity contribution in [3.05, 3.63) is 0 Å². The molecular formula is C10H20N2O3.